The number of hydrogen-bond acceptors (Lipinski definition) is 4. The monoisotopic (exact) mass is 366 g/mol. The average molecular weight is 366 g/mol. The number of hydrogen-bond donors (Lipinski definition) is 1. The van der Waals surface area contributed by atoms with E-state index in [1.54, 1.807) is 18.2 Å². The third kappa shape index (κ3) is 3.30. The number of aromatic nitrogens is 1. The number of fused-ring (bicyclic) bond motifs is 1. The Morgan fingerprint density at radius 3 is 2.85 bits per heavy atom. The molecule has 138 valence electrons. The zero-order valence-corrected chi connectivity index (χ0v) is 15.1. The van der Waals surface area contributed by atoms with Crippen molar-refractivity contribution in [2.45, 2.75) is 26.3 Å². The largest absolute Gasteiger partial charge is 0.493 e. The molecular formula is C21H19FN2O3. The summed E-state index contributed by atoms with van der Waals surface area (Å²) >= 11 is 0. The van der Waals surface area contributed by atoms with Gasteiger partial charge in [0.15, 0.2) is 11.5 Å². The van der Waals surface area contributed by atoms with Crippen LogP contribution in [0.3, 0.4) is 0 Å². The minimum absolute atomic E-state index is 0.116. The second-order valence-corrected chi connectivity index (χ2v) is 6.72. The van der Waals surface area contributed by atoms with E-state index in [0.29, 0.717) is 13.0 Å². The maximum Gasteiger partial charge on any atom is 0.273 e. The van der Waals surface area contributed by atoms with E-state index in [9.17, 15) is 9.18 Å². The highest BCUT2D eigenvalue weighted by molar-refractivity contribution is 5.93. The number of carbonyl (C=O) groups is 1. The van der Waals surface area contributed by atoms with E-state index in [0.717, 1.165) is 22.4 Å². The minimum atomic E-state index is -0.426. The van der Waals surface area contributed by atoms with Crippen molar-refractivity contribution in [1.82, 2.24) is 10.5 Å². The topological polar surface area (TPSA) is 64.4 Å². The summed E-state index contributed by atoms with van der Waals surface area (Å²) in [6.07, 6.45) is 0.666. The van der Waals surface area contributed by atoms with Crippen molar-refractivity contribution in [2.24, 2.45) is 0 Å². The fourth-order valence-electron chi connectivity index (χ4n) is 3.43. The molecule has 0 bridgehead atoms. The molecule has 5 nitrogen and oxygen atoms in total. The second-order valence-electron chi connectivity index (χ2n) is 6.72. The van der Waals surface area contributed by atoms with Crippen LogP contribution in [-0.2, 0) is 0 Å². The zero-order chi connectivity index (χ0) is 19.0. The summed E-state index contributed by atoms with van der Waals surface area (Å²) in [4.78, 5) is 12.7. The van der Waals surface area contributed by atoms with Crippen LogP contribution in [0.2, 0.25) is 0 Å². The number of nitrogens with one attached hydrogen (secondary N) is 1. The van der Waals surface area contributed by atoms with Gasteiger partial charge in [0, 0.05) is 18.1 Å². The van der Waals surface area contributed by atoms with Gasteiger partial charge in [0.25, 0.3) is 5.91 Å². The predicted molar refractivity (Wildman–Crippen MR) is 98.1 cm³/mol. The Bertz CT molecular complexity index is 1010. The summed E-state index contributed by atoms with van der Waals surface area (Å²) < 4.78 is 24.8. The molecular weight excluding hydrogens is 347 g/mol. The lowest BCUT2D eigenvalue weighted by Gasteiger charge is -2.28. The van der Waals surface area contributed by atoms with Crippen LogP contribution < -0.4 is 10.1 Å². The Morgan fingerprint density at radius 2 is 2.04 bits per heavy atom. The molecule has 0 saturated heterocycles. The van der Waals surface area contributed by atoms with Gasteiger partial charge in [-0.25, -0.2) is 4.39 Å². The van der Waals surface area contributed by atoms with Crippen LogP contribution in [0.25, 0.3) is 11.3 Å². The van der Waals surface area contributed by atoms with E-state index in [4.69, 9.17) is 9.26 Å². The highest BCUT2D eigenvalue weighted by atomic mass is 19.1. The van der Waals surface area contributed by atoms with Gasteiger partial charge in [-0.15, -0.1) is 0 Å². The standard InChI is InChI=1S/C21H19FN2O3/c1-12-9-13(2)20-15(10-12)17(7-8-26-20)23-21(25)18-11-19(27-24-18)14-5-3-4-6-16(14)22/h3-6,9-11,17H,7-8H2,1-2H3,(H,23,25). The van der Waals surface area contributed by atoms with E-state index in [1.165, 1.54) is 12.1 Å². The minimum Gasteiger partial charge on any atom is -0.493 e. The second kappa shape index (κ2) is 6.87. The number of ether oxygens (including phenoxy) is 1. The van der Waals surface area contributed by atoms with E-state index in [1.807, 2.05) is 19.9 Å². The van der Waals surface area contributed by atoms with Crippen molar-refractivity contribution in [1.29, 1.82) is 0 Å². The first-order chi connectivity index (χ1) is 13.0. The summed E-state index contributed by atoms with van der Waals surface area (Å²) in [5.41, 5.74) is 3.51. The van der Waals surface area contributed by atoms with Gasteiger partial charge in [-0.3, -0.25) is 4.79 Å². The third-order valence-electron chi connectivity index (χ3n) is 4.66. The molecule has 27 heavy (non-hydrogen) atoms. The van der Waals surface area contributed by atoms with Crippen LogP contribution in [0.4, 0.5) is 4.39 Å². The Labute approximate surface area is 156 Å². The van der Waals surface area contributed by atoms with Crippen LogP contribution >= 0.6 is 0 Å². The first-order valence-electron chi connectivity index (χ1n) is 8.79. The van der Waals surface area contributed by atoms with Gasteiger partial charge in [0.2, 0.25) is 0 Å². The van der Waals surface area contributed by atoms with Crippen molar-refractivity contribution >= 4 is 5.91 Å². The van der Waals surface area contributed by atoms with Gasteiger partial charge in [0.05, 0.1) is 18.2 Å². The Balaban J connectivity index is 1.57. The fraction of sp³-hybridized carbons (Fsp3) is 0.238. The highest BCUT2D eigenvalue weighted by Gasteiger charge is 2.26. The number of benzene rings is 2. The summed E-state index contributed by atoms with van der Waals surface area (Å²) in [5.74, 6) is 0.255. The summed E-state index contributed by atoms with van der Waals surface area (Å²) in [6.45, 7) is 4.54. The van der Waals surface area contributed by atoms with Crippen molar-refractivity contribution < 1.29 is 18.4 Å². The van der Waals surface area contributed by atoms with Gasteiger partial charge < -0.3 is 14.6 Å². The average Bonchev–Trinajstić information content (AvgIpc) is 3.13. The number of nitrogens with zero attached hydrogens (tertiary/aromatic N) is 1. The van der Waals surface area contributed by atoms with Crippen LogP contribution in [-0.4, -0.2) is 17.7 Å². The normalized spacial score (nSPS) is 15.7. The van der Waals surface area contributed by atoms with Crippen LogP contribution in [0.1, 0.15) is 39.6 Å². The first kappa shape index (κ1) is 17.3. The molecule has 2 aromatic carbocycles. The molecule has 4 rings (SSSR count). The number of rotatable bonds is 3. The number of amides is 1. The van der Waals surface area contributed by atoms with E-state index < -0.39 is 5.82 Å². The molecule has 1 aliphatic rings. The maximum atomic E-state index is 13.9. The summed E-state index contributed by atoms with van der Waals surface area (Å²) in [5, 5.41) is 6.80. The van der Waals surface area contributed by atoms with Crippen LogP contribution in [0, 0.1) is 19.7 Å². The molecule has 0 radical (unpaired) electrons. The van der Waals surface area contributed by atoms with E-state index >= 15 is 0 Å². The SMILES string of the molecule is Cc1cc(C)c2c(c1)C(NC(=O)c1cc(-c3ccccc3F)on1)CCO2. The third-order valence-corrected chi connectivity index (χ3v) is 4.66. The highest BCUT2D eigenvalue weighted by Crippen LogP contribution is 2.36. The molecule has 0 fully saturated rings. The van der Waals surface area contributed by atoms with Crippen molar-refractivity contribution in [3.05, 3.63) is 70.7 Å². The van der Waals surface area contributed by atoms with Crippen molar-refractivity contribution in [2.75, 3.05) is 6.61 Å². The molecule has 1 unspecified atom stereocenters. The Hall–Kier alpha value is -3.15. The van der Waals surface area contributed by atoms with Gasteiger partial charge >= 0.3 is 0 Å². The molecule has 3 aromatic rings. The Morgan fingerprint density at radius 1 is 1.22 bits per heavy atom. The molecule has 2 heterocycles. The lowest BCUT2D eigenvalue weighted by molar-refractivity contribution is 0.0915. The zero-order valence-electron chi connectivity index (χ0n) is 15.1. The molecule has 1 amide bonds. The summed E-state index contributed by atoms with van der Waals surface area (Å²) in [6, 6.07) is 11.6. The first-order valence-corrected chi connectivity index (χ1v) is 8.79. The van der Waals surface area contributed by atoms with Crippen LogP contribution in [0.15, 0.2) is 47.0 Å². The molecule has 0 spiro atoms. The molecule has 6 heteroatoms. The quantitative estimate of drug-likeness (QED) is 0.748. The smallest absolute Gasteiger partial charge is 0.273 e. The maximum absolute atomic E-state index is 13.9. The van der Waals surface area contributed by atoms with E-state index in [2.05, 4.69) is 16.5 Å². The van der Waals surface area contributed by atoms with E-state index in [-0.39, 0.29) is 29.0 Å². The molecule has 1 aromatic heterocycles. The fourth-order valence-corrected chi connectivity index (χ4v) is 3.43. The molecule has 1 aliphatic heterocycles. The number of aryl methyl sites for hydroxylation is 2. The van der Waals surface area contributed by atoms with Crippen LogP contribution in [0.5, 0.6) is 5.75 Å². The lowest BCUT2D eigenvalue weighted by Crippen LogP contribution is -2.32. The predicted octanol–water partition coefficient (Wildman–Crippen LogP) is 4.35. The molecule has 0 aliphatic carbocycles. The van der Waals surface area contributed by atoms with Gasteiger partial charge in [-0.2, -0.15) is 0 Å². The molecule has 1 atom stereocenters. The summed E-state index contributed by atoms with van der Waals surface area (Å²) in [7, 11) is 0. The number of carbonyl (C=O) groups excluding carboxylic acids is 1. The Kier molecular flexibility index (Phi) is 4.39. The number of halogens is 1. The molecule has 0 saturated carbocycles. The lowest BCUT2D eigenvalue weighted by atomic mass is 9.95. The van der Waals surface area contributed by atoms with Gasteiger partial charge in [-0.1, -0.05) is 35.0 Å². The van der Waals surface area contributed by atoms with Gasteiger partial charge in [-0.05, 0) is 31.5 Å². The molecule has 1 N–H and O–H groups in total. The van der Waals surface area contributed by atoms with Crippen molar-refractivity contribution in [3.8, 4) is 17.1 Å². The van der Waals surface area contributed by atoms with Gasteiger partial charge in [0.1, 0.15) is 11.6 Å². The van der Waals surface area contributed by atoms with Crippen molar-refractivity contribution in [3.63, 3.8) is 0 Å².